The molecule has 0 aromatic heterocycles. The first-order chi connectivity index (χ1) is 6.41. The summed E-state index contributed by atoms with van der Waals surface area (Å²) in [5.41, 5.74) is 4.95. The van der Waals surface area contributed by atoms with Crippen molar-refractivity contribution in [1.29, 1.82) is 0 Å². The number of carbonyl (C=O) groups excluding carboxylic acids is 1. The molecule has 0 bridgehead atoms. The Hall–Kier alpha value is -0.780. The van der Waals surface area contributed by atoms with Gasteiger partial charge in [0, 0.05) is 13.0 Å². The number of hydrogen-bond acceptors (Lipinski definition) is 3. The van der Waals surface area contributed by atoms with E-state index in [-0.39, 0.29) is 19.4 Å². The molecule has 1 unspecified atom stereocenters. The number of hydrogen-bond donors (Lipinski definition) is 1. The maximum absolute atomic E-state index is 12.1. The molecular weight excluding hydrogens is 199 g/mol. The molecule has 0 spiro atoms. The molecule has 0 fully saturated rings. The molecule has 6 heteroatoms. The molecule has 0 heterocycles. The fourth-order valence-electron chi connectivity index (χ4n) is 0.940. The highest BCUT2D eigenvalue weighted by atomic mass is 19.4. The van der Waals surface area contributed by atoms with Crippen molar-refractivity contribution >= 4 is 5.97 Å². The molecule has 0 aromatic rings. The maximum atomic E-state index is 12.1. The second-order valence-corrected chi connectivity index (χ2v) is 2.82. The van der Waals surface area contributed by atoms with Crippen LogP contribution in [0, 0.1) is 5.92 Å². The van der Waals surface area contributed by atoms with Crippen LogP contribution in [-0.4, -0.2) is 25.3 Å². The average Bonchev–Trinajstić information content (AvgIpc) is 2.03. The summed E-state index contributed by atoms with van der Waals surface area (Å²) in [7, 11) is 0. The Labute approximate surface area is 80.4 Å². The van der Waals surface area contributed by atoms with Gasteiger partial charge in [-0.25, -0.2) is 0 Å². The number of nitrogens with two attached hydrogens (primary N) is 1. The molecule has 3 nitrogen and oxygen atoms in total. The van der Waals surface area contributed by atoms with Crippen molar-refractivity contribution in [3.63, 3.8) is 0 Å². The summed E-state index contributed by atoms with van der Waals surface area (Å²) >= 11 is 0. The Morgan fingerprint density at radius 1 is 1.50 bits per heavy atom. The molecule has 0 aliphatic heterocycles. The van der Waals surface area contributed by atoms with Gasteiger partial charge in [-0.15, -0.1) is 0 Å². The summed E-state index contributed by atoms with van der Waals surface area (Å²) in [5.74, 6) is -2.23. The lowest BCUT2D eigenvalue weighted by atomic mass is 10.0. The maximum Gasteiger partial charge on any atom is 0.393 e. The number of ether oxygens (including phenoxy) is 1. The molecule has 84 valence electrons. The van der Waals surface area contributed by atoms with Crippen molar-refractivity contribution in [2.75, 3.05) is 13.2 Å². The fourth-order valence-corrected chi connectivity index (χ4v) is 0.940. The smallest absolute Gasteiger partial charge is 0.393 e. The van der Waals surface area contributed by atoms with Gasteiger partial charge in [-0.1, -0.05) is 0 Å². The van der Waals surface area contributed by atoms with Gasteiger partial charge in [0.15, 0.2) is 0 Å². The second-order valence-electron chi connectivity index (χ2n) is 2.82. The molecule has 0 aliphatic carbocycles. The van der Waals surface area contributed by atoms with Crippen molar-refractivity contribution in [2.45, 2.75) is 25.9 Å². The number of esters is 1. The van der Waals surface area contributed by atoms with Crippen LogP contribution in [0.3, 0.4) is 0 Å². The van der Waals surface area contributed by atoms with Crippen molar-refractivity contribution < 1.29 is 22.7 Å². The molecule has 1 atom stereocenters. The summed E-state index contributed by atoms with van der Waals surface area (Å²) in [4.78, 5) is 10.8. The molecule has 14 heavy (non-hydrogen) atoms. The molecule has 0 amide bonds. The van der Waals surface area contributed by atoms with E-state index < -0.39 is 24.6 Å². The van der Waals surface area contributed by atoms with Crippen molar-refractivity contribution in [2.24, 2.45) is 11.7 Å². The molecule has 0 rings (SSSR count). The largest absolute Gasteiger partial charge is 0.466 e. The topological polar surface area (TPSA) is 52.3 Å². The molecule has 0 aromatic carbocycles. The van der Waals surface area contributed by atoms with E-state index in [1.807, 2.05) is 0 Å². The lowest BCUT2D eigenvalue weighted by Gasteiger charge is -2.17. The van der Waals surface area contributed by atoms with E-state index in [9.17, 15) is 18.0 Å². The van der Waals surface area contributed by atoms with Crippen molar-refractivity contribution in [1.82, 2.24) is 0 Å². The van der Waals surface area contributed by atoms with E-state index >= 15 is 0 Å². The Morgan fingerprint density at radius 3 is 2.43 bits per heavy atom. The van der Waals surface area contributed by atoms with Gasteiger partial charge in [0.25, 0.3) is 0 Å². The minimum atomic E-state index is -4.33. The highest BCUT2D eigenvalue weighted by molar-refractivity contribution is 5.69. The zero-order valence-corrected chi connectivity index (χ0v) is 7.93. The number of halogens is 3. The zero-order chi connectivity index (χ0) is 11.2. The predicted octanol–water partition coefficient (Wildman–Crippen LogP) is 1.47. The van der Waals surface area contributed by atoms with Gasteiger partial charge in [-0.05, 0) is 13.3 Å². The van der Waals surface area contributed by atoms with Gasteiger partial charge in [0.1, 0.15) is 0 Å². The Bertz CT molecular complexity index is 182. The quantitative estimate of drug-likeness (QED) is 0.703. The molecular formula is C8H14F3NO2. The first kappa shape index (κ1) is 13.2. The third kappa shape index (κ3) is 5.06. The highest BCUT2D eigenvalue weighted by Crippen LogP contribution is 2.28. The van der Waals surface area contributed by atoms with Crippen LogP contribution in [-0.2, 0) is 9.53 Å². The average molecular weight is 213 g/mol. The third-order valence-electron chi connectivity index (χ3n) is 1.75. The van der Waals surface area contributed by atoms with Crippen LogP contribution in [0.1, 0.15) is 19.8 Å². The minimum Gasteiger partial charge on any atom is -0.466 e. The molecule has 0 saturated heterocycles. The molecule has 0 saturated carbocycles. The fraction of sp³-hybridized carbons (Fsp3) is 0.875. The van der Waals surface area contributed by atoms with Crippen LogP contribution in [0.15, 0.2) is 0 Å². The summed E-state index contributed by atoms with van der Waals surface area (Å²) in [6, 6.07) is 0. The standard InChI is InChI=1S/C8H14F3NO2/c1-2-14-7(13)4-3-6(5-12)8(9,10)11/h6H,2-5,12H2,1H3. The Morgan fingerprint density at radius 2 is 2.07 bits per heavy atom. The van der Waals surface area contributed by atoms with Crippen LogP contribution in [0.2, 0.25) is 0 Å². The summed E-state index contributed by atoms with van der Waals surface area (Å²) in [6.07, 6.45) is -4.88. The van der Waals surface area contributed by atoms with Gasteiger partial charge >= 0.3 is 12.1 Å². The first-order valence-electron chi connectivity index (χ1n) is 4.34. The van der Waals surface area contributed by atoms with E-state index in [2.05, 4.69) is 4.74 Å². The van der Waals surface area contributed by atoms with E-state index in [1.54, 1.807) is 6.92 Å². The van der Waals surface area contributed by atoms with Gasteiger partial charge in [-0.3, -0.25) is 4.79 Å². The lowest BCUT2D eigenvalue weighted by Crippen LogP contribution is -2.30. The van der Waals surface area contributed by atoms with Crippen molar-refractivity contribution in [3.8, 4) is 0 Å². The number of rotatable bonds is 5. The lowest BCUT2D eigenvalue weighted by molar-refractivity contribution is -0.175. The van der Waals surface area contributed by atoms with Crippen molar-refractivity contribution in [3.05, 3.63) is 0 Å². The Balaban J connectivity index is 3.91. The Kier molecular flexibility index (Phi) is 5.52. The summed E-state index contributed by atoms with van der Waals surface area (Å²) in [6.45, 7) is 1.28. The van der Waals surface area contributed by atoms with E-state index in [4.69, 9.17) is 5.73 Å². The number of alkyl halides is 3. The number of carbonyl (C=O) groups is 1. The monoisotopic (exact) mass is 213 g/mol. The van der Waals surface area contributed by atoms with Crippen LogP contribution >= 0.6 is 0 Å². The minimum absolute atomic E-state index is 0.179. The second kappa shape index (κ2) is 5.85. The normalized spacial score (nSPS) is 13.8. The van der Waals surface area contributed by atoms with Crippen LogP contribution in [0.25, 0.3) is 0 Å². The van der Waals surface area contributed by atoms with E-state index in [0.717, 1.165) is 0 Å². The van der Waals surface area contributed by atoms with Gasteiger partial charge in [0.05, 0.1) is 12.5 Å². The highest BCUT2D eigenvalue weighted by Gasteiger charge is 2.38. The SMILES string of the molecule is CCOC(=O)CCC(CN)C(F)(F)F. The first-order valence-corrected chi connectivity index (χ1v) is 4.34. The predicted molar refractivity (Wildman–Crippen MR) is 44.5 cm³/mol. The van der Waals surface area contributed by atoms with E-state index in [0.29, 0.717) is 0 Å². The van der Waals surface area contributed by atoms with Crippen LogP contribution in [0.5, 0.6) is 0 Å². The van der Waals surface area contributed by atoms with Crippen LogP contribution in [0.4, 0.5) is 13.2 Å². The van der Waals surface area contributed by atoms with Gasteiger partial charge < -0.3 is 10.5 Å². The summed E-state index contributed by atoms with van der Waals surface area (Å²) in [5, 5.41) is 0. The molecule has 0 aliphatic rings. The van der Waals surface area contributed by atoms with Gasteiger partial charge in [-0.2, -0.15) is 13.2 Å². The van der Waals surface area contributed by atoms with Gasteiger partial charge in [0.2, 0.25) is 0 Å². The molecule has 2 N–H and O–H groups in total. The zero-order valence-electron chi connectivity index (χ0n) is 7.93. The van der Waals surface area contributed by atoms with Crippen LogP contribution < -0.4 is 5.73 Å². The third-order valence-corrected chi connectivity index (χ3v) is 1.75. The van der Waals surface area contributed by atoms with E-state index in [1.165, 1.54) is 0 Å². The molecule has 0 radical (unpaired) electrons. The summed E-state index contributed by atoms with van der Waals surface area (Å²) < 4.78 is 40.9.